The first kappa shape index (κ1) is 16.9. The Balaban J connectivity index is 1.51. The molecule has 5 rings (SSSR count). The number of nitrogens with zero attached hydrogens (tertiary/aromatic N) is 3. The van der Waals surface area contributed by atoms with Crippen LogP contribution in [0.1, 0.15) is 18.7 Å². The lowest BCUT2D eigenvalue weighted by molar-refractivity contribution is 0.307. The molecule has 0 saturated heterocycles. The molecule has 0 spiro atoms. The van der Waals surface area contributed by atoms with E-state index >= 15 is 0 Å². The van der Waals surface area contributed by atoms with Crippen LogP contribution in [0.2, 0.25) is 0 Å². The maximum atomic E-state index is 4.61. The predicted molar refractivity (Wildman–Crippen MR) is 117 cm³/mol. The van der Waals surface area contributed by atoms with Gasteiger partial charge in [0.25, 0.3) is 0 Å². The van der Waals surface area contributed by atoms with Crippen LogP contribution < -0.4 is 5.32 Å². The first-order valence-corrected chi connectivity index (χ1v) is 10.9. The number of anilines is 2. The minimum atomic E-state index is 0.464. The van der Waals surface area contributed by atoms with E-state index in [1.807, 2.05) is 11.7 Å². The van der Waals surface area contributed by atoms with Crippen LogP contribution in [-0.2, 0) is 0 Å². The van der Waals surface area contributed by atoms with Crippen LogP contribution in [0.25, 0.3) is 26.0 Å². The highest BCUT2D eigenvalue weighted by Crippen LogP contribution is 2.38. The first-order chi connectivity index (χ1) is 13.2. The second-order valence-corrected chi connectivity index (χ2v) is 8.69. The zero-order valence-corrected chi connectivity index (χ0v) is 16.9. The minimum absolute atomic E-state index is 0.464. The number of fused-ring (bicyclic) bond motifs is 2. The zero-order valence-electron chi connectivity index (χ0n) is 15.3. The molecule has 4 nitrogen and oxygen atoms in total. The van der Waals surface area contributed by atoms with Gasteiger partial charge in [0.15, 0.2) is 0 Å². The zero-order chi connectivity index (χ0) is 18.4. The van der Waals surface area contributed by atoms with E-state index in [-0.39, 0.29) is 0 Å². The highest BCUT2D eigenvalue weighted by Gasteiger charge is 2.24. The smallest absolute Gasteiger partial charge is 0.125 e. The fraction of sp³-hybridized carbons (Fsp3) is 0.238. The quantitative estimate of drug-likeness (QED) is 0.480. The molecule has 4 heterocycles. The molecule has 6 heteroatoms. The van der Waals surface area contributed by atoms with Gasteiger partial charge in [-0.3, -0.25) is 4.90 Å². The number of nitrogens with one attached hydrogen (secondary N) is 1. The van der Waals surface area contributed by atoms with E-state index in [9.17, 15) is 0 Å². The van der Waals surface area contributed by atoms with Crippen molar-refractivity contribution < 1.29 is 0 Å². The van der Waals surface area contributed by atoms with E-state index in [1.54, 1.807) is 22.7 Å². The van der Waals surface area contributed by atoms with Crippen LogP contribution >= 0.6 is 22.7 Å². The number of thiazole rings is 1. The highest BCUT2D eigenvalue weighted by atomic mass is 32.1. The Hall–Kier alpha value is -2.28. The molecule has 1 N–H and O–H groups in total. The molecule has 1 atom stereocenters. The van der Waals surface area contributed by atoms with Gasteiger partial charge in [-0.1, -0.05) is 13.0 Å². The summed E-state index contributed by atoms with van der Waals surface area (Å²) in [4.78, 5) is 13.9. The van der Waals surface area contributed by atoms with Crippen molar-refractivity contribution >= 4 is 60.1 Å². The fourth-order valence-electron chi connectivity index (χ4n) is 3.73. The summed E-state index contributed by atoms with van der Waals surface area (Å²) in [5.74, 6) is 0. The molecule has 4 aromatic rings. The number of pyridine rings is 1. The summed E-state index contributed by atoms with van der Waals surface area (Å²) in [5.41, 5.74) is 6.50. The summed E-state index contributed by atoms with van der Waals surface area (Å²) in [6.45, 7) is 6.63. The monoisotopic (exact) mass is 392 g/mol. The number of likely N-dealkylation sites (N-methyl/N-ethyl adjacent to an activating group) is 1. The molecule has 0 aliphatic carbocycles. The molecule has 0 amide bonds. The largest absolute Gasteiger partial charge is 0.355 e. The molecular weight excluding hydrogens is 372 g/mol. The molecule has 0 bridgehead atoms. The first-order valence-electron chi connectivity index (χ1n) is 9.16. The van der Waals surface area contributed by atoms with Crippen molar-refractivity contribution in [3.8, 4) is 0 Å². The van der Waals surface area contributed by atoms with Crippen LogP contribution in [0.4, 0.5) is 11.4 Å². The number of hydrogen-bond acceptors (Lipinski definition) is 6. The SMILES string of the molecule is CCN1CC=C(c2cc3c(Nc4ccc5scnc5c4)ccnc3s2)C1C. The summed E-state index contributed by atoms with van der Waals surface area (Å²) >= 11 is 3.45. The van der Waals surface area contributed by atoms with Gasteiger partial charge >= 0.3 is 0 Å². The average molecular weight is 393 g/mol. The molecular formula is C21H20N4S2. The Bertz CT molecular complexity index is 1160. The standard InChI is InChI=1S/C21H20N4S2/c1-3-25-9-7-15(13(25)2)20-11-16-17(6-8-22-21(16)27-20)24-14-4-5-19-18(10-14)23-12-26-19/h4-8,10-13H,3,9H2,1-2H3,(H,22,24). The minimum Gasteiger partial charge on any atom is -0.355 e. The molecule has 3 aromatic heterocycles. The summed E-state index contributed by atoms with van der Waals surface area (Å²) in [6.07, 6.45) is 4.25. The van der Waals surface area contributed by atoms with Crippen molar-refractivity contribution in [2.24, 2.45) is 0 Å². The van der Waals surface area contributed by atoms with Crippen LogP contribution in [-0.4, -0.2) is 34.0 Å². The van der Waals surface area contributed by atoms with E-state index < -0.39 is 0 Å². The molecule has 0 saturated carbocycles. The number of aromatic nitrogens is 2. The van der Waals surface area contributed by atoms with Crippen LogP contribution in [0.15, 0.2) is 48.1 Å². The number of thiophene rings is 1. The van der Waals surface area contributed by atoms with E-state index in [0.29, 0.717) is 6.04 Å². The second-order valence-electron chi connectivity index (χ2n) is 6.77. The van der Waals surface area contributed by atoms with E-state index in [0.717, 1.165) is 34.8 Å². The van der Waals surface area contributed by atoms with Crippen LogP contribution in [0.5, 0.6) is 0 Å². The van der Waals surface area contributed by atoms with Gasteiger partial charge in [0, 0.05) is 34.7 Å². The Morgan fingerprint density at radius 2 is 2.15 bits per heavy atom. The maximum Gasteiger partial charge on any atom is 0.125 e. The van der Waals surface area contributed by atoms with Gasteiger partial charge in [-0.25, -0.2) is 9.97 Å². The summed E-state index contributed by atoms with van der Waals surface area (Å²) < 4.78 is 1.21. The Morgan fingerprint density at radius 3 is 3.00 bits per heavy atom. The van der Waals surface area contributed by atoms with Crippen molar-refractivity contribution in [1.29, 1.82) is 0 Å². The van der Waals surface area contributed by atoms with Crippen molar-refractivity contribution in [2.45, 2.75) is 19.9 Å². The lowest BCUT2D eigenvalue weighted by atomic mass is 10.1. The molecule has 1 aromatic carbocycles. The summed E-state index contributed by atoms with van der Waals surface area (Å²) in [6, 6.07) is 11.1. The Kier molecular flexibility index (Phi) is 4.19. The maximum absolute atomic E-state index is 4.61. The lowest BCUT2D eigenvalue weighted by Crippen LogP contribution is -2.28. The molecule has 1 aliphatic rings. The summed E-state index contributed by atoms with van der Waals surface area (Å²) in [7, 11) is 0. The molecule has 1 unspecified atom stereocenters. The van der Waals surface area contributed by atoms with Gasteiger partial charge in [-0.05, 0) is 49.4 Å². The van der Waals surface area contributed by atoms with Crippen molar-refractivity contribution in [3.05, 3.63) is 53.0 Å². The molecule has 1 aliphatic heterocycles. The highest BCUT2D eigenvalue weighted by molar-refractivity contribution is 7.19. The Morgan fingerprint density at radius 1 is 1.22 bits per heavy atom. The van der Waals surface area contributed by atoms with E-state index in [1.165, 1.54) is 20.5 Å². The van der Waals surface area contributed by atoms with E-state index in [4.69, 9.17) is 0 Å². The Labute approximate surface area is 166 Å². The van der Waals surface area contributed by atoms with Crippen LogP contribution in [0, 0.1) is 0 Å². The molecule has 0 fully saturated rings. The van der Waals surface area contributed by atoms with Gasteiger partial charge in [0.1, 0.15) is 4.83 Å². The average Bonchev–Trinajstić information content (AvgIpc) is 3.39. The number of benzene rings is 1. The third-order valence-electron chi connectivity index (χ3n) is 5.28. The summed E-state index contributed by atoms with van der Waals surface area (Å²) in [5, 5.41) is 4.74. The topological polar surface area (TPSA) is 41.0 Å². The second kappa shape index (κ2) is 6.71. The third-order valence-corrected chi connectivity index (χ3v) is 7.18. The van der Waals surface area contributed by atoms with Crippen molar-refractivity contribution in [3.63, 3.8) is 0 Å². The number of rotatable bonds is 4. The van der Waals surface area contributed by atoms with Gasteiger partial charge in [-0.15, -0.1) is 22.7 Å². The van der Waals surface area contributed by atoms with Gasteiger partial charge < -0.3 is 5.32 Å². The molecule has 0 radical (unpaired) electrons. The molecule has 27 heavy (non-hydrogen) atoms. The van der Waals surface area contributed by atoms with Gasteiger partial charge in [0.05, 0.1) is 21.4 Å². The van der Waals surface area contributed by atoms with Gasteiger partial charge in [0.2, 0.25) is 0 Å². The third kappa shape index (κ3) is 2.94. The van der Waals surface area contributed by atoms with Crippen molar-refractivity contribution in [2.75, 3.05) is 18.4 Å². The number of hydrogen-bond donors (Lipinski definition) is 1. The van der Waals surface area contributed by atoms with Crippen LogP contribution in [0.3, 0.4) is 0 Å². The fourth-order valence-corrected chi connectivity index (χ4v) is 5.54. The van der Waals surface area contributed by atoms with Gasteiger partial charge in [-0.2, -0.15) is 0 Å². The normalized spacial score (nSPS) is 17.7. The van der Waals surface area contributed by atoms with Crippen molar-refractivity contribution in [1.82, 2.24) is 14.9 Å². The molecule has 136 valence electrons. The van der Waals surface area contributed by atoms with E-state index in [2.05, 4.69) is 70.4 Å². The lowest BCUT2D eigenvalue weighted by Gasteiger charge is -2.21. The predicted octanol–water partition coefficient (Wildman–Crippen LogP) is 5.76.